The summed E-state index contributed by atoms with van der Waals surface area (Å²) in [5.74, 6) is 0.478. The normalized spacial score (nSPS) is 24.3. The van der Waals surface area contributed by atoms with Crippen molar-refractivity contribution in [2.24, 2.45) is 0 Å². The lowest BCUT2D eigenvalue weighted by molar-refractivity contribution is -0.134. The first-order valence-corrected chi connectivity index (χ1v) is 8.71. The number of ether oxygens (including phenoxy) is 1. The Morgan fingerprint density at radius 3 is 2.74 bits per heavy atom. The molecule has 0 aliphatic carbocycles. The van der Waals surface area contributed by atoms with E-state index in [2.05, 4.69) is 15.4 Å². The summed E-state index contributed by atoms with van der Waals surface area (Å²) in [6.07, 6.45) is 1.16. The zero-order valence-corrected chi connectivity index (χ0v) is 15.8. The quantitative estimate of drug-likeness (QED) is 0.682. The van der Waals surface area contributed by atoms with Crippen LogP contribution >= 0.6 is 0 Å². The van der Waals surface area contributed by atoms with Crippen molar-refractivity contribution in [3.8, 4) is 0 Å². The molecule has 0 saturated carbocycles. The van der Waals surface area contributed by atoms with Crippen molar-refractivity contribution in [3.05, 3.63) is 17.5 Å². The molecule has 2 amide bonds. The van der Waals surface area contributed by atoms with Crippen LogP contribution in [0.4, 0.5) is 0 Å². The highest BCUT2D eigenvalue weighted by Crippen LogP contribution is 2.24. The van der Waals surface area contributed by atoms with Gasteiger partial charge in [0, 0.05) is 45.3 Å². The van der Waals surface area contributed by atoms with Gasteiger partial charge in [0.1, 0.15) is 5.76 Å². The number of hydrogen-bond donors (Lipinski definition) is 2. The topological polar surface area (TPSA) is 125 Å². The molecular weight excluding hydrogens is 356 g/mol. The van der Waals surface area contributed by atoms with Crippen molar-refractivity contribution >= 4 is 18.3 Å². The molecular formula is C17H26N4O6. The maximum absolute atomic E-state index is 12.2. The van der Waals surface area contributed by atoms with E-state index in [4.69, 9.17) is 19.2 Å². The highest BCUT2D eigenvalue weighted by atomic mass is 16.5. The summed E-state index contributed by atoms with van der Waals surface area (Å²) >= 11 is 0. The molecule has 3 heterocycles. The predicted octanol–water partition coefficient (Wildman–Crippen LogP) is -0.266. The van der Waals surface area contributed by atoms with Crippen LogP contribution in [-0.2, 0) is 14.3 Å². The van der Waals surface area contributed by atoms with Crippen molar-refractivity contribution in [2.75, 3.05) is 33.8 Å². The summed E-state index contributed by atoms with van der Waals surface area (Å²) < 4.78 is 10.8. The van der Waals surface area contributed by atoms with Crippen LogP contribution in [0.2, 0.25) is 0 Å². The molecule has 1 aromatic heterocycles. The lowest BCUT2D eigenvalue weighted by Gasteiger charge is -2.35. The van der Waals surface area contributed by atoms with Crippen LogP contribution in [0.15, 0.2) is 10.6 Å². The summed E-state index contributed by atoms with van der Waals surface area (Å²) in [6, 6.07) is 1.98. The van der Waals surface area contributed by atoms with E-state index in [1.54, 1.807) is 32.0 Å². The number of morpholine rings is 1. The van der Waals surface area contributed by atoms with E-state index in [1.165, 1.54) is 0 Å². The third-order valence-electron chi connectivity index (χ3n) is 4.59. The minimum Gasteiger partial charge on any atom is -0.483 e. The summed E-state index contributed by atoms with van der Waals surface area (Å²) in [5, 5.41) is 13.6. The van der Waals surface area contributed by atoms with Gasteiger partial charge in [-0.3, -0.25) is 19.3 Å². The number of nitrogens with one attached hydrogen (secondary N) is 1. The van der Waals surface area contributed by atoms with Gasteiger partial charge in [0.25, 0.3) is 12.4 Å². The predicted molar refractivity (Wildman–Crippen MR) is 94.2 cm³/mol. The number of aryl methyl sites for hydroxylation is 1. The van der Waals surface area contributed by atoms with E-state index in [-0.39, 0.29) is 30.4 Å². The molecule has 0 unspecified atom stereocenters. The van der Waals surface area contributed by atoms with Gasteiger partial charge >= 0.3 is 0 Å². The zero-order chi connectivity index (χ0) is 20.0. The molecule has 2 aliphatic heterocycles. The smallest absolute Gasteiger partial charge is 0.290 e. The molecule has 10 heteroatoms. The highest BCUT2D eigenvalue weighted by molar-refractivity contribution is 5.92. The van der Waals surface area contributed by atoms with Crippen LogP contribution in [0.1, 0.15) is 29.1 Å². The molecule has 2 N–H and O–H groups in total. The Balaban J connectivity index is 0.000000817. The second kappa shape index (κ2) is 9.47. The number of nitrogens with zero attached hydrogens (tertiary/aromatic N) is 3. The SMILES string of the molecule is Cc1cc(C(=O)N[C@@H]2C[C@H]3CO[C@@H](CC(=O)N(C)C)CN3C2)no1.O=CO. The molecule has 0 radical (unpaired) electrons. The Labute approximate surface area is 157 Å². The molecule has 27 heavy (non-hydrogen) atoms. The first kappa shape index (κ1) is 20.8. The van der Waals surface area contributed by atoms with Crippen molar-refractivity contribution in [2.45, 2.75) is 38.0 Å². The fourth-order valence-electron chi connectivity index (χ4n) is 3.28. The lowest BCUT2D eigenvalue weighted by Crippen LogP contribution is -2.47. The van der Waals surface area contributed by atoms with Gasteiger partial charge in [0.2, 0.25) is 5.91 Å². The molecule has 2 saturated heterocycles. The Kier molecular flexibility index (Phi) is 7.31. The average molecular weight is 382 g/mol. The van der Waals surface area contributed by atoms with Gasteiger partial charge < -0.3 is 24.6 Å². The number of carbonyl (C=O) groups excluding carboxylic acids is 2. The minimum absolute atomic E-state index is 0.0615. The molecule has 2 fully saturated rings. The molecule has 2 aliphatic rings. The van der Waals surface area contributed by atoms with Gasteiger partial charge in [-0.05, 0) is 13.3 Å². The van der Waals surface area contributed by atoms with Gasteiger partial charge in [0.15, 0.2) is 5.69 Å². The fraction of sp³-hybridized carbons (Fsp3) is 0.647. The summed E-state index contributed by atoms with van der Waals surface area (Å²) in [7, 11) is 3.50. The molecule has 0 aromatic carbocycles. The van der Waals surface area contributed by atoms with E-state index in [9.17, 15) is 9.59 Å². The maximum Gasteiger partial charge on any atom is 0.290 e. The fourth-order valence-corrected chi connectivity index (χ4v) is 3.28. The Hall–Kier alpha value is -2.46. The van der Waals surface area contributed by atoms with E-state index in [1.807, 2.05) is 0 Å². The molecule has 3 atom stereocenters. The minimum atomic E-state index is -0.250. The number of aromatic nitrogens is 1. The monoisotopic (exact) mass is 382 g/mol. The molecule has 10 nitrogen and oxygen atoms in total. The third-order valence-corrected chi connectivity index (χ3v) is 4.59. The molecule has 1 aromatic rings. The maximum atomic E-state index is 12.2. The van der Waals surface area contributed by atoms with Crippen molar-refractivity contribution in [1.29, 1.82) is 0 Å². The second-order valence-corrected chi connectivity index (χ2v) is 6.89. The van der Waals surface area contributed by atoms with Crippen LogP contribution in [0.3, 0.4) is 0 Å². The van der Waals surface area contributed by atoms with Crippen LogP contribution in [0, 0.1) is 6.92 Å². The molecule has 0 bridgehead atoms. The lowest BCUT2D eigenvalue weighted by atomic mass is 10.1. The van der Waals surface area contributed by atoms with Gasteiger partial charge in [0.05, 0.1) is 19.1 Å². The number of carbonyl (C=O) groups is 3. The zero-order valence-electron chi connectivity index (χ0n) is 15.8. The number of rotatable bonds is 4. The number of amides is 2. The molecule has 0 spiro atoms. The van der Waals surface area contributed by atoms with Gasteiger partial charge in [-0.15, -0.1) is 0 Å². The standard InChI is InChI=1S/C16H24N4O4.CH2O2/c1-10-4-14(18-24-10)16(22)17-11-5-12-9-23-13(8-20(12)7-11)6-15(21)19(2)3;2-1-3/h4,11-13H,5-9H2,1-3H3,(H,17,22);1H,(H,2,3)/t11-,12+,13+;/m1./s1. The van der Waals surface area contributed by atoms with Crippen LogP contribution in [0.5, 0.6) is 0 Å². The Morgan fingerprint density at radius 1 is 1.44 bits per heavy atom. The van der Waals surface area contributed by atoms with Crippen molar-refractivity contribution < 1.29 is 28.8 Å². The summed E-state index contributed by atoms with van der Waals surface area (Å²) in [4.78, 5) is 36.2. The van der Waals surface area contributed by atoms with E-state index in [0.717, 1.165) is 19.5 Å². The highest BCUT2D eigenvalue weighted by Gasteiger charge is 2.38. The first-order chi connectivity index (χ1) is 12.8. The largest absolute Gasteiger partial charge is 0.483 e. The second-order valence-electron chi connectivity index (χ2n) is 6.89. The number of carboxylic acid groups (broad SMARTS) is 1. The van der Waals surface area contributed by atoms with Gasteiger partial charge in [-0.25, -0.2) is 0 Å². The van der Waals surface area contributed by atoms with Gasteiger partial charge in [-0.2, -0.15) is 0 Å². The van der Waals surface area contributed by atoms with E-state index < -0.39 is 0 Å². The summed E-state index contributed by atoms with van der Waals surface area (Å²) in [6.45, 7) is 3.59. The molecule has 150 valence electrons. The third kappa shape index (κ3) is 5.76. The van der Waals surface area contributed by atoms with Crippen LogP contribution in [-0.4, -0.2) is 90.3 Å². The average Bonchev–Trinajstić information content (AvgIpc) is 3.20. The first-order valence-electron chi connectivity index (χ1n) is 8.71. The molecule has 3 rings (SSSR count). The van der Waals surface area contributed by atoms with Crippen LogP contribution in [0.25, 0.3) is 0 Å². The van der Waals surface area contributed by atoms with Crippen molar-refractivity contribution in [3.63, 3.8) is 0 Å². The van der Waals surface area contributed by atoms with E-state index in [0.29, 0.717) is 30.5 Å². The van der Waals surface area contributed by atoms with Gasteiger partial charge in [-0.1, -0.05) is 5.16 Å². The number of hydrogen-bond acceptors (Lipinski definition) is 7. The summed E-state index contributed by atoms with van der Waals surface area (Å²) in [5.41, 5.74) is 0.308. The van der Waals surface area contributed by atoms with E-state index >= 15 is 0 Å². The Morgan fingerprint density at radius 2 is 2.15 bits per heavy atom. The number of fused-ring (bicyclic) bond motifs is 1. The Bertz CT molecular complexity index is 662. The van der Waals surface area contributed by atoms with Crippen molar-refractivity contribution in [1.82, 2.24) is 20.3 Å². The van der Waals surface area contributed by atoms with Crippen LogP contribution < -0.4 is 5.32 Å².